The highest BCUT2D eigenvalue weighted by Crippen LogP contribution is 2.30. The Kier molecular flexibility index (Phi) is 5.77. The Balaban J connectivity index is 1.45. The van der Waals surface area contributed by atoms with Gasteiger partial charge in [0.25, 0.3) is 5.91 Å². The Labute approximate surface area is 180 Å². The number of nitrogens with zero attached hydrogens (tertiary/aromatic N) is 2. The minimum Gasteiger partial charge on any atom is -0.436 e. The zero-order valence-electron chi connectivity index (χ0n) is 17.0. The van der Waals surface area contributed by atoms with Crippen LogP contribution in [0.1, 0.15) is 36.5 Å². The van der Waals surface area contributed by atoms with Crippen molar-refractivity contribution < 1.29 is 14.0 Å². The van der Waals surface area contributed by atoms with E-state index in [2.05, 4.69) is 10.3 Å². The van der Waals surface area contributed by atoms with E-state index in [9.17, 15) is 9.59 Å². The molecular weight excluding hydrogens is 402 g/mol. The molecule has 6 nitrogen and oxygen atoms in total. The number of hydrogen-bond acceptors (Lipinski definition) is 4. The summed E-state index contributed by atoms with van der Waals surface area (Å²) in [5, 5.41) is 3.47. The second kappa shape index (κ2) is 8.48. The maximum atomic E-state index is 12.9. The van der Waals surface area contributed by atoms with E-state index in [1.165, 1.54) is 0 Å². The van der Waals surface area contributed by atoms with E-state index in [1.54, 1.807) is 29.2 Å². The van der Waals surface area contributed by atoms with Gasteiger partial charge >= 0.3 is 0 Å². The molecule has 1 fully saturated rings. The van der Waals surface area contributed by atoms with Gasteiger partial charge in [-0.15, -0.1) is 0 Å². The number of carbonyl (C=O) groups is 2. The van der Waals surface area contributed by atoms with Gasteiger partial charge in [0, 0.05) is 47.8 Å². The van der Waals surface area contributed by atoms with Gasteiger partial charge in [-0.25, -0.2) is 4.98 Å². The number of rotatable bonds is 5. The highest BCUT2D eigenvalue weighted by molar-refractivity contribution is 6.31. The third-order valence-corrected chi connectivity index (χ3v) is 5.96. The molecule has 3 aromatic rings. The molecule has 0 radical (unpaired) electrons. The maximum Gasteiger partial charge on any atom is 0.253 e. The lowest BCUT2D eigenvalue weighted by molar-refractivity contribution is -0.124. The Morgan fingerprint density at radius 3 is 2.70 bits per heavy atom. The molecule has 2 atom stereocenters. The third-order valence-electron chi connectivity index (χ3n) is 5.72. The summed E-state index contributed by atoms with van der Waals surface area (Å²) in [6, 6.07) is 12.6. The summed E-state index contributed by atoms with van der Waals surface area (Å²) in [7, 11) is 1.81. The van der Waals surface area contributed by atoms with Crippen LogP contribution in [0.4, 0.5) is 0 Å². The molecule has 0 saturated heterocycles. The number of fused-ring (bicyclic) bond motifs is 1. The van der Waals surface area contributed by atoms with Gasteiger partial charge < -0.3 is 14.6 Å². The Bertz CT molecular complexity index is 1080. The van der Waals surface area contributed by atoms with E-state index in [4.69, 9.17) is 16.0 Å². The molecule has 1 aliphatic carbocycles. The first kappa shape index (κ1) is 20.4. The van der Waals surface area contributed by atoms with Crippen LogP contribution in [0.5, 0.6) is 0 Å². The summed E-state index contributed by atoms with van der Waals surface area (Å²) in [5.74, 6) is 0.512. The summed E-state index contributed by atoms with van der Waals surface area (Å²) in [4.78, 5) is 31.2. The van der Waals surface area contributed by atoms with Crippen LogP contribution < -0.4 is 5.32 Å². The molecule has 1 aromatic heterocycles. The van der Waals surface area contributed by atoms with Crippen LogP contribution in [0.3, 0.4) is 0 Å². The molecular formula is C23H24ClN3O3. The SMILES string of the molecule is CCNC(=O)C1CCC(N(C)C(=O)c2ccc(-c3nc4ccc(Cl)cc4o3)cc2)C1. The standard InChI is InChI=1S/C23H24ClN3O3/c1-3-25-21(28)16-8-10-18(12-16)27(2)23(29)15-6-4-14(5-7-15)22-26-19-11-9-17(24)13-20(19)30-22/h4-7,9,11,13,16,18H,3,8,10,12H2,1-2H3,(H,25,28). The number of carbonyl (C=O) groups excluding carboxylic acids is 2. The smallest absolute Gasteiger partial charge is 0.253 e. The topological polar surface area (TPSA) is 75.4 Å². The molecule has 1 N–H and O–H groups in total. The number of hydrogen-bond donors (Lipinski definition) is 1. The molecule has 1 aliphatic rings. The minimum absolute atomic E-state index is 0.0137. The zero-order valence-corrected chi connectivity index (χ0v) is 17.8. The predicted octanol–water partition coefficient (Wildman–Crippen LogP) is 4.53. The average molecular weight is 426 g/mol. The molecule has 30 heavy (non-hydrogen) atoms. The molecule has 0 spiro atoms. The largest absolute Gasteiger partial charge is 0.436 e. The van der Waals surface area contributed by atoms with Gasteiger partial charge in [0.15, 0.2) is 5.58 Å². The number of amides is 2. The van der Waals surface area contributed by atoms with Gasteiger partial charge in [-0.05, 0) is 62.6 Å². The molecule has 2 unspecified atom stereocenters. The predicted molar refractivity (Wildman–Crippen MR) is 116 cm³/mol. The van der Waals surface area contributed by atoms with Crippen molar-refractivity contribution >= 4 is 34.5 Å². The molecule has 2 amide bonds. The van der Waals surface area contributed by atoms with Crippen molar-refractivity contribution in [3.63, 3.8) is 0 Å². The van der Waals surface area contributed by atoms with Crippen molar-refractivity contribution in [3.05, 3.63) is 53.1 Å². The van der Waals surface area contributed by atoms with E-state index in [-0.39, 0.29) is 23.8 Å². The van der Waals surface area contributed by atoms with E-state index in [0.29, 0.717) is 35.0 Å². The number of benzene rings is 2. The lowest BCUT2D eigenvalue weighted by Crippen LogP contribution is -2.36. The normalized spacial score (nSPS) is 18.5. The van der Waals surface area contributed by atoms with Gasteiger partial charge in [0.2, 0.25) is 11.8 Å². The Morgan fingerprint density at radius 1 is 1.20 bits per heavy atom. The average Bonchev–Trinajstić information content (AvgIpc) is 3.40. The monoisotopic (exact) mass is 425 g/mol. The third kappa shape index (κ3) is 4.05. The molecule has 0 bridgehead atoms. The van der Waals surface area contributed by atoms with Crippen molar-refractivity contribution in [2.24, 2.45) is 5.92 Å². The van der Waals surface area contributed by atoms with E-state index in [0.717, 1.165) is 23.9 Å². The van der Waals surface area contributed by atoms with Crippen molar-refractivity contribution in [1.82, 2.24) is 15.2 Å². The number of halogens is 1. The zero-order chi connectivity index (χ0) is 21.3. The number of nitrogens with one attached hydrogen (secondary N) is 1. The van der Waals surface area contributed by atoms with E-state index in [1.807, 2.05) is 32.2 Å². The summed E-state index contributed by atoms with van der Waals surface area (Å²) in [5.41, 5.74) is 2.75. The van der Waals surface area contributed by atoms with E-state index >= 15 is 0 Å². The summed E-state index contributed by atoms with van der Waals surface area (Å²) >= 11 is 6.00. The van der Waals surface area contributed by atoms with Crippen LogP contribution in [-0.2, 0) is 4.79 Å². The molecule has 0 aliphatic heterocycles. The van der Waals surface area contributed by atoms with Gasteiger partial charge in [-0.1, -0.05) is 11.6 Å². The van der Waals surface area contributed by atoms with Crippen molar-refractivity contribution in [3.8, 4) is 11.5 Å². The van der Waals surface area contributed by atoms with Crippen LogP contribution in [0.15, 0.2) is 46.9 Å². The second-order valence-electron chi connectivity index (χ2n) is 7.68. The molecule has 156 valence electrons. The summed E-state index contributed by atoms with van der Waals surface area (Å²) < 4.78 is 5.79. The first-order chi connectivity index (χ1) is 14.5. The first-order valence-corrected chi connectivity index (χ1v) is 10.6. The minimum atomic E-state index is -0.0487. The lowest BCUT2D eigenvalue weighted by Gasteiger charge is -2.25. The Hall–Kier alpha value is -2.86. The summed E-state index contributed by atoms with van der Waals surface area (Å²) in [6.45, 7) is 2.55. The fourth-order valence-electron chi connectivity index (χ4n) is 4.01. The van der Waals surface area contributed by atoms with Crippen LogP contribution in [0.25, 0.3) is 22.6 Å². The summed E-state index contributed by atoms with van der Waals surface area (Å²) in [6.07, 6.45) is 2.36. The highest BCUT2D eigenvalue weighted by atomic mass is 35.5. The molecule has 1 saturated carbocycles. The number of oxazole rings is 1. The van der Waals surface area contributed by atoms with Gasteiger partial charge in [0.1, 0.15) is 5.52 Å². The molecule has 4 rings (SSSR count). The van der Waals surface area contributed by atoms with Crippen molar-refractivity contribution in [2.75, 3.05) is 13.6 Å². The van der Waals surface area contributed by atoms with Crippen LogP contribution >= 0.6 is 11.6 Å². The van der Waals surface area contributed by atoms with Crippen LogP contribution in [0.2, 0.25) is 5.02 Å². The number of aromatic nitrogens is 1. The molecule has 2 aromatic carbocycles. The quantitative estimate of drug-likeness (QED) is 0.651. The van der Waals surface area contributed by atoms with E-state index < -0.39 is 0 Å². The first-order valence-electron chi connectivity index (χ1n) is 10.2. The fraction of sp³-hybridized carbons (Fsp3) is 0.348. The van der Waals surface area contributed by atoms with Crippen molar-refractivity contribution in [1.29, 1.82) is 0 Å². The van der Waals surface area contributed by atoms with Gasteiger partial charge in [0.05, 0.1) is 0 Å². The van der Waals surface area contributed by atoms with Crippen molar-refractivity contribution in [2.45, 2.75) is 32.2 Å². The molecule has 7 heteroatoms. The van der Waals surface area contributed by atoms with Gasteiger partial charge in [-0.2, -0.15) is 0 Å². The Morgan fingerprint density at radius 2 is 1.97 bits per heavy atom. The maximum absolute atomic E-state index is 12.9. The molecule has 1 heterocycles. The van der Waals surface area contributed by atoms with Gasteiger partial charge in [-0.3, -0.25) is 9.59 Å². The fourth-order valence-corrected chi connectivity index (χ4v) is 4.18. The second-order valence-corrected chi connectivity index (χ2v) is 8.12. The van der Waals surface area contributed by atoms with Crippen LogP contribution in [-0.4, -0.2) is 41.3 Å². The lowest BCUT2D eigenvalue weighted by atomic mass is 10.1. The van der Waals surface area contributed by atoms with Crippen LogP contribution in [0, 0.1) is 5.92 Å². The highest BCUT2D eigenvalue weighted by Gasteiger charge is 2.33.